The number of aryl methyl sites for hydroxylation is 1. The van der Waals surface area contributed by atoms with Gasteiger partial charge in [0.05, 0.1) is 5.69 Å². The van der Waals surface area contributed by atoms with Crippen LogP contribution in [-0.2, 0) is 6.54 Å². The van der Waals surface area contributed by atoms with E-state index in [1.165, 1.54) is 5.56 Å². The van der Waals surface area contributed by atoms with Crippen LogP contribution in [0.5, 0.6) is 11.6 Å². The largest absolute Gasteiger partial charge is 0.437 e. The maximum Gasteiger partial charge on any atom is 0.240 e. The Balaban J connectivity index is 2.11. The molecule has 17 heavy (non-hydrogen) atoms. The Morgan fingerprint density at radius 2 is 1.82 bits per heavy atom. The van der Waals surface area contributed by atoms with Gasteiger partial charge in [0.2, 0.25) is 5.88 Å². The second kappa shape index (κ2) is 5.41. The highest BCUT2D eigenvalue weighted by Crippen LogP contribution is 2.21. The molecule has 0 aliphatic carbocycles. The van der Waals surface area contributed by atoms with Crippen LogP contribution in [0.4, 0.5) is 0 Å². The van der Waals surface area contributed by atoms with Gasteiger partial charge >= 0.3 is 0 Å². The van der Waals surface area contributed by atoms with Crippen molar-refractivity contribution in [3.8, 4) is 11.6 Å². The van der Waals surface area contributed by atoms with Gasteiger partial charge in [0.1, 0.15) is 5.75 Å². The van der Waals surface area contributed by atoms with Crippen LogP contribution < -0.4 is 10.1 Å². The van der Waals surface area contributed by atoms with Gasteiger partial charge in [-0.3, -0.25) is 4.98 Å². The smallest absolute Gasteiger partial charge is 0.240 e. The number of benzene rings is 1. The Morgan fingerprint density at radius 3 is 2.47 bits per heavy atom. The highest BCUT2D eigenvalue weighted by atomic mass is 16.5. The third-order valence-corrected chi connectivity index (χ3v) is 2.35. The fourth-order valence-corrected chi connectivity index (χ4v) is 1.49. The lowest BCUT2D eigenvalue weighted by Gasteiger charge is -2.07. The number of ether oxygens (including phenoxy) is 1. The molecule has 2 aromatic rings. The number of rotatable bonds is 4. The van der Waals surface area contributed by atoms with Crippen LogP contribution >= 0.6 is 0 Å². The molecule has 1 aromatic heterocycles. The minimum Gasteiger partial charge on any atom is -0.437 e. The molecule has 0 saturated carbocycles. The molecule has 0 spiro atoms. The molecule has 1 heterocycles. The monoisotopic (exact) mass is 229 g/mol. The van der Waals surface area contributed by atoms with E-state index in [0.29, 0.717) is 5.88 Å². The number of hydrogen-bond acceptors (Lipinski definition) is 4. The first-order valence-corrected chi connectivity index (χ1v) is 5.48. The van der Waals surface area contributed by atoms with Gasteiger partial charge < -0.3 is 10.1 Å². The summed E-state index contributed by atoms with van der Waals surface area (Å²) in [6, 6.07) is 7.91. The summed E-state index contributed by atoms with van der Waals surface area (Å²) >= 11 is 0. The first-order valence-electron chi connectivity index (χ1n) is 5.48. The molecule has 4 heteroatoms. The average Bonchev–Trinajstić information content (AvgIpc) is 2.35. The van der Waals surface area contributed by atoms with Crippen LogP contribution in [0.3, 0.4) is 0 Å². The summed E-state index contributed by atoms with van der Waals surface area (Å²) in [5, 5.41) is 3.10. The van der Waals surface area contributed by atoms with E-state index in [2.05, 4.69) is 15.3 Å². The average molecular weight is 229 g/mol. The van der Waals surface area contributed by atoms with Crippen LogP contribution in [0, 0.1) is 6.92 Å². The van der Waals surface area contributed by atoms with E-state index in [4.69, 9.17) is 4.74 Å². The van der Waals surface area contributed by atoms with Gasteiger partial charge in [-0.25, -0.2) is 4.98 Å². The zero-order valence-corrected chi connectivity index (χ0v) is 9.97. The summed E-state index contributed by atoms with van der Waals surface area (Å²) in [5.41, 5.74) is 2.00. The zero-order chi connectivity index (χ0) is 12.1. The molecule has 0 saturated heterocycles. The molecule has 0 bridgehead atoms. The molecule has 0 aliphatic heterocycles. The summed E-state index contributed by atoms with van der Waals surface area (Å²) in [6.45, 7) is 2.72. The van der Waals surface area contributed by atoms with Crippen molar-refractivity contribution >= 4 is 0 Å². The molecule has 88 valence electrons. The molecule has 0 atom stereocenters. The van der Waals surface area contributed by atoms with E-state index in [0.717, 1.165) is 18.0 Å². The molecular formula is C13H15N3O. The highest BCUT2D eigenvalue weighted by molar-refractivity contribution is 5.31. The van der Waals surface area contributed by atoms with E-state index in [-0.39, 0.29) is 0 Å². The van der Waals surface area contributed by atoms with Crippen molar-refractivity contribution < 1.29 is 4.74 Å². The summed E-state index contributed by atoms with van der Waals surface area (Å²) in [4.78, 5) is 8.26. The van der Waals surface area contributed by atoms with Crippen molar-refractivity contribution in [2.45, 2.75) is 13.5 Å². The predicted molar refractivity (Wildman–Crippen MR) is 66.0 cm³/mol. The Kier molecular flexibility index (Phi) is 3.67. The van der Waals surface area contributed by atoms with Crippen molar-refractivity contribution in [1.82, 2.24) is 15.3 Å². The Hall–Kier alpha value is -1.94. The zero-order valence-electron chi connectivity index (χ0n) is 9.97. The van der Waals surface area contributed by atoms with Crippen LogP contribution in [0.15, 0.2) is 36.7 Å². The molecule has 0 fully saturated rings. The Morgan fingerprint density at radius 1 is 1.12 bits per heavy atom. The minimum absolute atomic E-state index is 0.550. The van der Waals surface area contributed by atoms with Crippen molar-refractivity contribution in [3.05, 3.63) is 47.9 Å². The normalized spacial score (nSPS) is 10.2. The van der Waals surface area contributed by atoms with Gasteiger partial charge in [0, 0.05) is 18.9 Å². The quantitative estimate of drug-likeness (QED) is 0.873. The van der Waals surface area contributed by atoms with Crippen LogP contribution in [-0.4, -0.2) is 17.0 Å². The fraction of sp³-hybridized carbons (Fsp3) is 0.231. The van der Waals surface area contributed by atoms with Crippen molar-refractivity contribution in [2.24, 2.45) is 0 Å². The molecule has 1 N–H and O–H groups in total. The van der Waals surface area contributed by atoms with E-state index in [1.807, 2.05) is 38.2 Å². The second-order valence-electron chi connectivity index (χ2n) is 3.72. The molecule has 0 radical (unpaired) electrons. The molecule has 4 nitrogen and oxygen atoms in total. The molecular weight excluding hydrogens is 214 g/mol. The lowest BCUT2D eigenvalue weighted by atomic mass is 10.2. The predicted octanol–water partition coefficient (Wildman–Crippen LogP) is 2.30. The topological polar surface area (TPSA) is 47.0 Å². The molecule has 0 unspecified atom stereocenters. The minimum atomic E-state index is 0.550. The Labute approximate surface area is 101 Å². The van der Waals surface area contributed by atoms with Crippen LogP contribution in [0.25, 0.3) is 0 Å². The van der Waals surface area contributed by atoms with E-state index >= 15 is 0 Å². The van der Waals surface area contributed by atoms with Crippen molar-refractivity contribution in [1.29, 1.82) is 0 Å². The molecule has 0 aliphatic rings. The van der Waals surface area contributed by atoms with Gasteiger partial charge in [-0.1, -0.05) is 12.1 Å². The summed E-state index contributed by atoms with van der Waals surface area (Å²) < 4.78 is 5.65. The van der Waals surface area contributed by atoms with Gasteiger partial charge in [0.25, 0.3) is 0 Å². The van der Waals surface area contributed by atoms with Gasteiger partial charge in [0.15, 0.2) is 0 Å². The maximum atomic E-state index is 5.65. The number of aromatic nitrogens is 2. The fourth-order valence-electron chi connectivity index (χ4n) is 1.49. The Bertz CT molecular complexity index is 482. The standard InChI is InChI=1S/C13H15N3O/c1-10-13(16-8-7-15-10)17-12-5-3-11(4-6-12)9-14-2/h3-8,14H,9H2,1-2H3. The number of hydrogen-bond donors (Lipinski definition) is 1. The highest BCUT2D eigenvalue weighted by Gasteiger charge is 2.02. The van der Waals surface area contributed by atoms with Crippen molar-refractivity contribution in [3.63, 3.8) is 0 Å². The van der Waals surface area contributed by atoms with Crippen molar-refractivity contribution in [2.75, 3.05) is 7.05 Å². The maximum absolute atomic E-state index is 5.65. The summed E-state index contributed by atoms with van der Waals surface area (Å²) in [7, 11) is 1.92. The number of nitrogens with zero attached hydrogens (tertiary/aromatic N) is 2. The van der Waals surface area contributed by atoms with Crippen LogP contribution in [0.1, 0.15) is 11.3 Å². The third kappa shape index (κ3) is 3.01. The third-order valence-electron chi connectivity index (χ3n) is 2.35. The van der Waals surface area contributed by atoms with Gasteiger partial charge in [-0.15, -0.1) is 0 Å². The van der Waals surface area contributed by atoms with E-state index < -0.39 is 0 Å². The SMILES string of the molecule is CNCc1ccc(Oc2nccnc2C)cc1. The lowest BCUT2D eigenvalue weighted by molar-refractivity contribution is 0.455. The van der Waals surface area contributed by atoms with E-state index in [1.54, 1.807) is 12.4 Å². The van der Waals surface area contributed by atoms with Gasteiger partial charge in [-0.05, 0) is 31.7 Å². The van der Waals surface area contributed by atoms with E-state index in [9.17, 15) is 0 Å². The first-order chi connectivity index (χ1) is 8.29. The second-order valence-corrected chi connectivity index (χ2v) is 3.72. The summed E-state index contributed by atoms with van der Waals surface area (Å²) in [6.07, 6.45) is 3.27. The van der Waals surface area contributed by atoms with Gasteiger partial charge in [-0.2, -0.15) is 0 Å². The molecule has 0 amide bonds. The lowest BCUT2D eigenvalue weighted by Crippen LogP contribution is -2.04. The molecule has 2 rings (SSSR count). The van der Waals surface area contributed by atoms with Crippen LogP contribution in [0.2, 0.25) is 0 Å². The number of nitrogens with one attached hydrogen (secondary N) is 1. The first kappa shape index (κ1) is 11.5. The summed E-state index contributed by atoms with van der Waals surface area (Å²) in [5.74, 6) is 1.32. The molecule has 1 aromatic carbocycles.